The van der Waals surface area contributed by atoms with E-state index >= 15 is 0 Å². The van der Waals surface area contributed by atoms with E-state index in [1.807, 2.05) is 52.1 Å². The average Bonchev–Trinajstić information content (AvgIpc) is 3.24. The van der Waals surface area contributed by atoms with Gasteiger partial charge in [0.2, 0.25) is 0 Å². The van der Waals surface area contributed by atoms with E-state index in [0.29, 0.717) is 25.2 Å². The molecule has 0 atom stereocenters. The quantitative estimate of drug-likeness (QED) is 0.0723. The van der Waals surface area contributed by atoms with Crippen LogP contribution in [0.3, 0.4) is 0 Å². The highest BCUT2D eigenvalue weighted by Gasteiger charge is 2.23. The van der Waals surface area contributed by atoms with Crippen LogP contribution in [0.2, 0.25) is 0 Å². The molecule has 16 heteroatoms. The van der Waals surface area contributed by atoms with Gasteiger partial charge in [-0.1, -0.05) is 31.9 Å². The van der Waals surface area contributed by atoms with Crippen molar-refractivity contribution in [3.63, 3.8) is 0 Å². The lowest BCUT2D eigenvalue weighted by molar-refractivity contribution is -0.134. The smallest absolute Gasteiger partial charge is 0.300 e. The zero-order valence-electron chi connectivity index (χ0n) is 37.3. The minimum Gasteiger partial charge on any atom is -0.481 e. The number of benzene rings is 2. The molecule has 0 aliphatic carbocycles. The SMILES string of the molecule is CC(=O)O.CCN(c1cc(Br)cc2c(NCc3c(C)cc(C)[nH]c3=O)nccc12)C1CCOCC1.Cc1cc(C)c(CNc2nccc3c(NC4CCOCC4)cc(Br)cc23)c(=O)[nH]1. The minimum atomic E-state index is -0.833. The highest BCUT2D eigenvalue weighted by atomic mass is 79.9. The van der Waals surface area contributed by atoms with Crippen molar-refractivity contribution in [1.29, 1.82) is 0 Å². The third-order valence-corrected chi connectivity index (χ3v) is 12.3. The molecule has 0 bridgehead atoms. The lowest BCUT2D eigenvalue weighted by atomic mass is 10.0. The Morgan fingerprint density at radius 1 is 0.734 bits per heavy atom. The largest absolute Gasteiger partial charge is 0.481 e. The second kappa shape index (κ2) is 22.6. The number of carbonyl (C=O) groups is 1. The van der Waals surface area contributed by atoms with E-state index < -0.39 is 5.97 Å². The number of nitrogens with zero attached hydrogens (tertiary/aromatic N) is 3. The summed E-state index contributed by atoms with van der Waals surface area (Å²) in [6.45, 7) is 16.0. The number of hydrogen-bond donors (Lipinski definition) is 6. The number of hydrogen-bond acceptors (Lipinski definition) is 11. The van der Waals surface area contributed by atoms with Gasteiger partial charge in [0.25, 0.3) is 17.1 Å². The molecule has 6 aromatic rings. The summed E-state index contributed by atoms with van der Waals surface area (Å²) in [5.41, 5.74) is 7.33. The Bertz CT molecular complexity index is 2690. The zero-order chi connectivity index (χ0) is 45.9. The number of aryl methyl sites for hydroxylation is 4. The molecule has 14 nitrogen and oxygen atoms in total. The molecule has 2 aromatic carbocycles. The van der Waals surface area contributed by atoms with Crippen molar-refractivity contribution in [3.05, 3.63) is 124 Å². The van der Waals surface area contributed by atoms with Gasteiger partial charge in [-0.2, -0.15) is 0 Å². The number of H-pyrrole nitrogens is 2. The third-order valence-electron chi connectivity index (χ3n) is 11.4. The van der Waals surface area contributed by atoms with Crippen molar-refractivity contribution in [2.24, 2.45) is 0 Å². The van der Waals surface area contributed by atoms with E-state index in [4.69, 9.17) is 19.4 Å². The molecule has 0 unspecified atom stereocenters. The first-order valence-corrected chi connectivity index (χ1v) is 23.2. The number of ether oxygens (including phenoxy) is 2. The van der Waals surface area contributed by atoms with E-state index in [1.165, 1.54) is 5.69 Å². The zero-order valence-corrected chi connectivity index (χ0v) is 40.5. The van der Waals surface area contributed by atoms with Gasteiger partial charge >= 0.3 is 0 Å². The molecule has 8 rings (SSSR count). The van der Waals surface area contributed by atoms with Crippen LogP contribution in [0.5, 0.6) is 0 Å². The number of anilines is 4. The van der Waals surface area contributed by atoms with Gasteiger partial charge in [-0.05, 0) is 120 Å². The summed E-state index contributed by atoms with van der Waals surface area (Å²) in [7, 11) is 0. The normalized spacial score (nSPS) is 14.2. The Kier molecular flexibility index (Phi) is 17.0. The average molecular weight is 1000 g/mol. The number of nitrogens with one attached hydrogen (secondary N) is 5. The minimum absolute atomic E-state index is 0.0521. The van der Waals surface area contributed by atoms with Crippen LogP contribution in [0, 0.1) is 27.7 Å². The van der Waals surface area contributed by atoms with Crippen LogP contribution < -0.4 is 32.0 Å². The van der Waals surface area contributed by atoms with Gasteiger partial charge in [0, 0.05) is 142 Å². The number of aromatic nitrogens is 4. The Morgan fingerprint density at radius 3 is 1.70 bits per heavy atom. The number of aromatic amines is 2. The van der Waals surface area contributed by atoms with Crippen LogP contribution in [0.15, 0.2) is 79.5 Å². The van der Waals surface area contributed by atoms with Crippen LogP contribution in [0.1, 0.15) is 73.2 Å². The van der Waals surface area contributed by atoms with Crippen LogP contribution in [0.4, 0.5) is 23.0 Å². The molecule has 0 spiro atoms. The fourth-order valence-electron chi connectivity index (χ4n) is 8.35. The Morgan fingerprint density at radius 2 is 1.20 bits per heavy atom. The monoisotopic (exact) mass is 1000 g/mol. The lowest BCUT2D eigenvalue weighted by Gasteiger charge is -2.36. The highest BCUT2D eigenvalue weighted by molar-refractivity contribution is 9.10. The maximum Gasteiger partial charge on any atom is 0.300 e. The van der Waals surface area contributed by atoms with E-state index in [9.17, 15) is 9.59 Å². The van der Waals surface area contributed by atoms with Crippen LogP contribution in [-0.2, 0) is 27.4 Å². The molecule has 64 heavy (non-hydrogen) atoms. The van der Waals surface area contributed by atoms with Gasteiger partial charge < -0.3 is 45.4 Å². The molecular weight excluding hydrogens is 944 g/mol. The molecule has 4 aromatic heterocycles. The second-order valence-electron chi connectivity index (χ2n) is 16.2. The van der Waals surface area contributed by atoms with Crippen molar-refractivity contribution < 1.29 is 19.4 Å². The molecule has 6 N–H and O–H groups in total. The summed E-state index contributed by atoms with van der Waals surface area (Å²) in [6, 6.07) is 17.4. The Balaban J connectivity index is 0.000000197. The number of carboxylic acids is 1. The molecule has 2 aliphatic rings. The molecule has 0 radical (unpaired) electrons. The molecule has 6 heterocycles. The molecule has 0 amide bonds. The van der Waals surface area contributed by atoms with E-state index in [1.54, 1.807) is 6.20 Å². The van der Waals surface area contributed by atoms with Gasteiger partial charge in [0.1, 0.15) is 11.6 Å². The molecule has 2 saturated heterocycles. The molecule has 2 fully saturated rings. The van der Waals surface area contributed by atoms with E-state index in [-0.39, 0.29) is 11.1 Å². The number of pyridine rings is 4. The Labute approximate surface area is 390 Å². The number of halogens is 2. The maximum absolute atomic E-state index is 12.4. The first-order chi connectivity index (χ1) is 30.7. The predicted molar refractivity (Wildman–Crippen MR) is 264 cm³/mol. The number of rotatable bonds is 11. The summed E-state index contributed by atoms with van der Waals surface area (Å²) in [4.78, 5) is 51.1. The van der Waals surface area contributed by atoms with Crippen molar-refractivity contribution >= 4 is 82.4 Å². The predicted octanol–water partition coefficient (Wildman–Crippen LogP) is 9.52. The third kappa shape index (κ3) is 12.5. The number of fused-ring (bicyclic) bond motifs is 2. The van der Waals surface area contributed by atoms with Gasteiger partial charge in [0.05, 0.1) is 0 Å². The van der Waals surface area contributed by atoms with Gasteiger partial charge in [0.15, 0.2) is 0 Å². The van der Waals surface area contributed by atoms with Crippen molar-refractivity contribution in [1.82, 2.24) is 19.9 Å². The topological polar surface area (TPSA) is 187 Å². The molecule has 2 aliphatic heterocycles. The second-order valence-corrected chi connectivity index (χ2v) is 18.0. The van der Waals surface area contributed by atoms with Crippen molar-refractivity contribution in [2.75, 3.05) is 53.8 Å². The maximum atomic E-state index is 12.4. The first kappa shape index (κ1) is 48.2. The summed E-state index contributed by atoms with van der Waals surface area (Å²) in [5.74, 6) is 0.709. The summed E-state index contributed by atoms with van der Waals surface area (Å²) >= 11 is 7.34. The van der Waals surface area contributed by atoms with Gasteiger partial charge in [-0.3, -0.25) is 14.4 Å². The summed E-state index contributed by atoms with van der Waals surface area (Å²) in [6.07, 6.45) is 7.71. The lowest BCUT2D eigenvalue weighted by Crippen LogP contribution is -2.39. The molecule has 0 saturated carbocycles. The molecule has 340 valence electrons. The van der Waals surface area contributed by atoms with Crippen molar-refractivity contribution in [2.45, 2.75) is 92.4 Å². The fraction of sp³-hybridized carbons (Fsp3) is 0.396. The summed E-state index contributed by atoms with van der Waals surface area (Å²) < 4.78 is 13.0. The van der Waals surface area contributed by atoms with Crippen molar-refractivity contribution in [3.8, 4) is 0 Å². The van der Waals surface area contributed by atoms with Crippen LogP contribution in [-0.4, -0.2) is 76.1 Å². The van der Waals surface area contributed by atoms with E-state index in [2.05, 4.69) is 110 Å². The van der Waals surface area contributed by atoms with Crippen LogP contribution in [0.25, 0.3) is 21.5 Å². The van der Waals surface area contributed by atoms with Crippen LogP contribution >= 0.6 is 31.9 Å². The molecular formula is C48H58Br2N8O6. The standard InChI is InChI=1S/C24H29BrN4O2.C22H25BrN4O2.C2H4O2/c1-4-29(18-6-9-31-10-7-18)22-13-17(25)12-20-19(22)5-8-26-23(20)27-14-21-15(2)11-16(3)28-24(21)30;1-13-9-14(2)26-22(28)19(13)12-25-21-18-10-15(23)11-20(17(18)3-6-24-21)27-16-4-7-29-8-5-16;1-2(3)4/h5,8,11-13,18H,4,6-7,9-10,14H2,1-3H3,(H,26,27)(H,28,30);3,6,9-11,16,27H,4-5,7-8,12H2,1-2H3,(H,24,25)(H,26,28);1H3,(H,3,4). The highest BCUT2D eigenvalue weighted by Crippen LogP contribution is 2.37. The summed E-state index contributed by atoms with van der Waals surface area (Å²) in [5, 5.41) is 22.2. The van der Waals surface area contributed by atoms with Gasteiger partial charge in [-0.15, -0.1) is 0 Å². The first-order valence-electron chi connectivity index (χ1n) is 21.6. The fourth-order valence-corrected chi connectivity index (χ4v) is 9.25. The number of aliphatic carboxylic acids is 1. The van der Waals surface area contributed by atoms with E-state index in [0.717, 1.165) is 147 Å². The Hall–Kier alpha value is -5.29. The van der Waals surface area contributed by atoms with Gasteiger partial charge in [-0.25, -0.2) is 9.97 Å². The number of carboxylic acid groups (broad SMARTS) is 1.